The number of rotatable bonds is 3. The molecule has 0 saturated carbocycles. The Bertz CT molecular complexity index is 535. The molecule has 1 unspecified atom stereocenters. The zero-order valence-electron chi connectivity index (χ0n) is 12.0. The minimum atomic E-state index is 0.0697. The molecule has 1 aromatic carbocycles. The highest BCUT2D eigenvalue weighted by atomic mass is 32.1. The smallest absolute Gasteiger partial charge is 0.0720 e. The number of hydrogen-bond donors (Lipinski definition) is 2. The van der Waals surface area contributed by atoms with Crippen LogP contribution in [-0.2, 0) is 5.41 Å². The molecule has 0 radical (unpaired) electrons. The van der Waals surface area contributed by atoms with Crippen LogP contribution in [0.1, 0.15) is 48.4 Å². The Labute approximate surface area is 119 Å². The van der Waals surface area contributed by atoms with Crippen LogP contribution in [0.2, 0.25) is 0 Å². The molecular formula is C16H22N2S. The van der Waals surface area contributed by atoms with Crippen LogP contribution in [0.15, 0.2) is 35.7 Å². The van der Waals surface area contributed by atoms with Gasteiger partial charge in [0.1, 0.15) is 0 Å². The molecule has 0 aliphatic carbocycles. The summed E-state index contributed by atoms with van der Waals surface area (Å²) in [4.78, 5) is 1.31. The Balaban J connectivity index is 2.33. The van der Waals surface area contributed by atoms with E-state index in [-0.39, 0.29) is 11.5 Å². The standard InChI is InChI=1S/C16H22N2S/c1-11-14(9-10-19-11)15(18-17)12-5-7-13(8-6-12)16(2,3)4/h5-10,15,18H,17H2,1-4H3. The second-order valence-corrected chi connectivity index (χ2v) is 7.02. The van der Waals surface area contributed by atoms with E-state index in [0.29, 0.717) is 0 Å². The zero-order valence-corrected chi connectivity index (χ0v) is 12.8. The third-order valence-corrected chi connectivity index (χ3v) is 4.35. The number of hydrogen-bond acceptors (Lipinski definition) is 3. The molecule has 0 saturated heterocycles. The molecule has 19 heavy (non-hydrogen) atoms. The number of nitrogens with two attached hydrogens (primary N) is 1. The summed E-state index contributed by atoms with van der Waals surface area (Å²) >= 11 is 1.75. The number of nitrogens with one attached hydrogen (secondary N) is 1. The van der Waals surface area contributed by atoms with E-state index >= 15 is 0 Å². The maximum absolute atomic E-state index is 5.74. The Morgan fingerprint density at radius 1 is 1.11 bits per heavy atom. The molecule has 0 amide bonds. The predicted molar refractivity (Wildman–Crippen MR) is 83.4 cm³/mol. The first-order chi connectivity index (χ1) is 8.93. The second-order valence-electron chi connectivity index (χ2n) is 5.90. The first-order valence-corrected chi connectivity index (χ1v) is 7.42. The molecule has 0 spiro atoms. The summed E-state index contributed by atoms with van der Waals surface area (Å²) in [6, 6.07) is 10.9. The third-order valence-electron chi connectivity index (χ3n) is 3.49. The summed E-state index contributed by atoms with van der Waals surface area (Å²) in [6.07, 6.45) is 0. The fourth-order valence-corrected chi connectivity index (χ4v) is 2.98. The maximum atomic E-state index is 5.74. The summed E-state index contributed by atoms with van der Waals surface area (Å²) < 4.78 is 0. The minimum Gasteiger partial charge on any atom is -0.271 e. The van der Waals surface area contributed by atoms with Gasteiger partial charge in [0.15, 0.2) is 0 Å². The molecular weight excluding hydrogens is 252 g/mol. The average Bonchev–Trinajstić information content (AvgIpc) is 2.76. The summed E-state index contributed by atoms with van der Waals surface area (Å²) in [7, 11) is 0. The molecule has 2 aromatic rings. The normalized spacial score (nSPS) is 13.5. The molecule has 3 heteroatoms. The van der Waals surface area contributed by atoms with Crippen molar-refractivity contribution in [2.75, 3.05) is 0 Å². The van der Waals surface area contributed by atoms with E-state index in [1.54, 1.807) is 11.3 Å². The lowest BCUT2D eigenvalue weighted by Crippen LogP contribution is -2.29. The molecule has 1 aromatic heterocycles. The van der Waals surface area contributed by atoms with Crippen LogP contribution in [0.25, 0.3) is 0 Å². The first kappa shape index (κ1) is 14.3. The first-order valence-electron chi connectivity index (χ1n) is 6.54. The molecule has 0 bridgehead atoms. The lowest BCUT2D eigenvalue weighted by Gasteiger charge is -2.21. The van der Waals surface area contributed by atoms with Crippen LogP contribution in [0.3, 0.4) is 0 Å². The van der Waals surface area contributed by atoms with Crippen molar-refractivity contribution < 1.29 is 0 Å². The molecule has 0 aliphatic heterocycles. The van der Waals surface area contributed by atoms with Gasteiger partial charge in [-0.3, -0.25) is 5.84 Å². The van der Waals surface area contributed by atoms with Gasteiger partial charge in [0.05, 0.1) is 6.04 Å². The van der Waals surface area contributed by atoms with E-state index < -0.39 is 0 Å². The predicted octanol–water partition coefficient (Wildman–Crippen LogP) is 3.91. The van der Waals surface area contributed by atoms with Crippen molar-refractivity contribution in [3.63, 3.8) is 0 Å². The van der Waals surface area contributed by atoms with Crippen molar-refractivity contribution in [3.8, 4) is 0 Å². The maximum Gasteiger partial charge on any atom is 0.0720 e. The van der Waals surface area contributed by atoms with Crippen molar-refractivity contribution in [3.05, 3.63) is 57.3 Å². The van der Waals surface area contributed by atoms with Crippen molar-refractivity contribution in [1.29, 1.82) is 0 Å². The van der Waals surface area contributed by atoms with Gasteiger partial charge in [0.2, 0.25) is 0 Å². The van der Waals surface area contributed by atoms with Crippen molar-refractivity contribution >= 4 is 11.3 Å². The minimum absolute atomic E-state index is 0.0697. The van der Waals surface area contributed by atoms with Gasteiger partial charge in [-0.25, -0.2) is 5.43 Å². The summed E-state index contributed by atoms with van der Waals surface area (Å²) in [5, 5.41) is 2.11. The lowest BCUT2D eigenvalue weighted by atomic mass is 9.86. The second kappa shape index (κ2) is 5.45. The van der Waals surface area contributed by atoms with Gasteiger partial charge < -0.3 is 0 Å². The highest BCUT2D eigenvalue weighted by molar-refractivity contribution is 7.10. The molecule has 0 aliphatic rings. The molecule has 1 atom stereocenters. The van der Waals surface area contributed by atoms with Crippen LogP contribution in [0.5, 0.6) is 0 Å². The van der Waals surface area contributed by atoms with Crippen molar-refractivity contribution in [2.24, 2.45) is 5.84 Å². The van der Waals surface area contributed by atoms with E-state index in [1.165, 1.54) is 21.6 Å². The lowest BCUT2D eigenvalue weighted by molar-refractivity contribution is 0.588. The Morgan fingerprint density at radius 3 is 2.16 bits per heavy atom. The van der Waals surface area contributed by atoms with Gasteiger partial charge >= 0.3 is 0 Å². The van der Waals surface area contributed by atoms with Gasteiger partial charge in [-0.15, -0.1) is 11.3 Å². The van der Waals surface area contributed by atoms with E-state index in [0.717, 1.165) is 0 Å². The molecule has 102 valence electrons. The van der Waals surface area contributed by atoms with E-state index in [9.17, 15) is 0 Å². The van der Waals surface area contributed by atoms with Gasteiger partial charge in [-0.05, 0) is 40.5 Å². The van der Waals surface area contributed by atoms with Crippen LogP contribution >= 0.6 is 11.3 Å². The van der Waals surface area contributed by atoms with Crippen molar-refractivity contribution in [1.82, 2.24) is 5.43 Å². The fourth-order valence-electron chi connectivity index (χ4n) is 2.24. The van der Waals surface area contributed by atoms with Gasteiger partial charge in [0, 0.05) is 4.88 Å². The van der Waals surface area contributed by atoms with E-state index in [4.69, 9.17) is 5.84 Å². The Kier molecular flexibility index (Phi) is 4.09. The van der Waals surface area contributed by atoms with Crippen LogP contribution in [0.4, 0.5) is 0 Å². The number of thiophene rings is 1. The number of hydrazine groups is 1. The third kappa shape index (κ3) is 3.06. The van der Waals surface area contributed by atoms with E-state index in [2.05, 4.69) is 68.8 Å². The highest BCUT2D eigenvalue weighted by Crippen LogP contribution is 2.29. The topological polar surface area (TPSA) is 38.0 Å². The molecule has 2 nitrogen and oxygen atoms in total. The molecule has 1 heterocycles. The quantitative estimate of drug-likeness (QED) is 0.658. The SMILES string of the molecule is Cc1sccc1C(NN)c1ccc(C(C)(C)C)cc1. The molecule has 0 fully saturated rings. The summed E-state index contributed by atoms with van der Waals surface area (Å²) in [6.45, 7) is 8.81. The fraction of sp³-hybridized carbons (Fsp3) is 0.375. The van der Waals surface area contributed by atoms with Gasteiger partial charge in [-0.2, -0.15) is 0 Å². The molecule has 2 rings (SSSR count). The number of benzene rings is 1. The number of aryl methyl sites for hydroxylation is 1. The summed E-state index contributed by atoms with van der Waals surface area (Å²) in [5.41, 5.74) is 6.92. The zero-order chi connectivity index (χ0) is 14.0. The van der Waals surface area contributed by atoms with Crippen LogP contribution in [-0.4, -0.2) is 0 Å². The Hall–Kier alpha value is -1.16. The van der Waals surface area contributed by atoms with Crippen molar-refractivity contribution in [2.45, 2.75) is 39.2 Å². The monoisotopic (exact) mass is 274 g/mol. The van der Waals surface area contributed by atoms with E-state index in [1.807, 2.05) is 0 Å². The van der Waals surface area contributed by atoms with Gasteiger partial charge in [-0.1, -0.05) is 45.0 Å². The largest absolute Gasteiger partial charge is 0.271 e. The highest BCUT2D eigenvalue weighted by Gasteiger charge is 2.17. The summed E-state index contributed by atoms with van der Waals surface area (Å²) in [5.74, 6) is 5.74. The Morgan fingerprint density at radius 2 is 1.74 bits per heavy atom. The average molecular weight is 274 g/mol. The van der Waals surface area contributed by atoms with Gasteiger partial charge in [0.25, 0.3) is 0 Å². The molecule has 3 N–H and O–H groups in total. The van der Waals surface area contributed by atoms with Crippen LogP contribution in [0, 0.1) is 6.92 Å². The van der Waals surface area contributed by atoms with Crippen LogP contribution < -0.4 is 11.3 Å².